The molecule has 1 saturated heterocycles. The highest BCUT2D eigenvalue weighted by molar-refractivity contribution is 7.91. The Balaban J connectivity index is 1.60. The van der Waals surface area contributed by atoms with Crippen LogP contribution in [0.15, 0.2) is 22.5 Å². The summed E-state index contributed by atoms with van der Waals surface area (Å²) in [6.45, 7) is 4.65. The highest BCUT2D eigenvalue weighted by atomic mass is 32.2. The Morgan fingerprint density at radius 2 is 2.09 bits per heavy atom. The second kappa shape index (κ2) is 6.49. The van der Waals surface area contributed by atoms with E-state index in [1.54, 1.807) is 16.6 Å². The summed E-state index contributed by atoms with van der Waals surface area (Å²) in [6.07, 6.45) is 3.73. The van der Waals surface area contributed by atoms with Crippen LogP contribution in [0.25, 0.3) is 0 Å². The molecule has 0 amide bonds. The Bertz CT molecular complexity index is 730. The largest absolute Gasteiger partial charge is 0.308 e. The number of rotatable bonds is 6. The molecule has 3 rings (SSSR count). The molecule has 120 valence electrons. The molecular formula is C14H20N4O2S2. The highest BCUT2D eigenvalue weighted by Gasteiger charge is 2.28. The lowest BCUT2D eigenvalue weighted by molar-refractivity contribution is 0.479. The topological polar surface area (TPSA) is 78.1 Å². The molecule has 1 aliphatic heterocycles. The summed E-state index contributed by atoms with van der Waals surface area (Å²) in [6, 6.07) is 3.61. The summed E-state index contributed by atoms with van der Waals surface area (Å²) < 4.78 is 27.0. The van der Waals surface area contributed by atoms with Gasteiger partial charge in [0.05, 0.1) is 6.20 Å². The minimum absolute atomic E-state index is 0.450. The van der Waals surface area contributed by atoms with E-state index >= 15 is 0 Å². The lowest BCUT2D eigenvalue weighted by Crippen LogP contribution is -2.27. The fraction of sp³-hybridized carbons (Fsp3) is 0.500. The molecular weight excluding hydrogens is 320 g/mol. The third-order valence-corrected chi connectivity index (χ3v) is 7.30. The van der Waals surface area contributed by atoms with Gasteiger partial charge in [-0.25, -0.2) is 8.42 Å². The Labute approximate surface area is 134 Å². The third kappa shape index (κ3) is 3.24. The van der Waals surface area contributed by atoms with Gasteiger partial charge in [0.1, 0.15) is 4.21 Å². The predicted molar refractivity (Wildman–Crippen MR) is 86.2 cm³/mol. The molecule has 2 N–H and O–H groups in total. The molecule has 0 aliphatic carbocycles. The molecule has 0 aromatic carbocycles. The van der Waals surface area contributed by atoms with Crippen molar-refractivity contribution < 1.29 is 8.42 Å². The lowest BCUT2D eigenvalue weighted by atomic mass is 10.2. The van der Waals surface area contributed by atoms with Crippen LogP contribution >= 0.6 is 11.3 Å². The molecule has 6 nitrogen and oxygen atoms in total. The van der Waals surface area contributed by atoms with Gasteiger partial charge in [-0.05, 0) is 31.9 Å². The third-order valence-electron chi connectivity index (χ3n) is 3.85. The van der Waals surface area contributed by atoms with E-state index in [0.717, 1.165) is 29.0 Å². The maximum Gasteiger partial charge on any atom is 0.252 e. The molecule has 22 heavy (non-hydrogen) atoms. The average Bonchev–Trinajstić information content (AvgIpc) is 3.20. The number of aryl methyl sites for hydroxylation is 1. The fourth-order valence-corrected chi connectivity index (χ4v) is 5.52. The van der Waals surface area contributed by atoms with Gasteiger partial charge in [-0.3, -0.25) is 5.10 Å². The maximum absolute atomic E-state index is 12.5. The fourth-order valence-electron chi connectivity index (χ4n) is 2.52. The first-order valence-corrected chi connectivity index (χ1v) is 9.61. The number of aromatic amines is 1. The zero-order chi connectivity index (χ0) is 15.6. The number of sulfonamides is 1. The zero-order valence-electron chi connectivity index (χ0n) is 12.5. The summed E-state index contributed by atoms with van der Waals surface area (Å²) >= 11 is 1.35. The van der Waals surface area contributed by atoms with Crippen LogP contribution in [0.2, 0.25) is 0 Å². The van der Waals surface area contributed by atoms with Gasteiger partial charge in [0.15, 0.2) is 0 Å². The van der Waals surface area contributed by atoms with Gasteiger partial charge in [0, 0.05) is 42.3 Å². The van der Waals surface area contributed by atoms with E-state index in [0.29, 0.717) is 30.4 Å². The number of aromatic nitrogens is 2. The number of nitrogens with zero attached hydrogens (tertiary/aromatic N) is 2. The lowest BCUT2D eigenvalue weighted by Gasteiger charge is -2.13. The van der Waals surface area contributed by atoms with Crippen molar-refractivity contribution >= 4 is 21.4 Å². The molecule has 2 aromatic rings. The minimum atomic E-state index is -3.28. The first-order valence-electron chi connectivity index (χ1n) is 7.36. The van der Waals surface area contributed by atoms with Crippen molar-refractivity contribution in [1.29, 1.82) is 0 Å². The summed E-state index contributed by atoms with van der Waals surface area (Å²) in [5, 5.41) is 10.2. The van der Waals surface area contributed by atoms with Gasteiger partial charge in [-0.2, -0.15) is 9.40 Å². The van der Waals surface area contributed by atoms with E-state index in [2.05, 4.69) is 15.5 Å². The monoisotopic (exact) mass is 340 g/mol. The Morgan fingerprint density at radius 3 is 2.77 bits per heavy atom. The first kappa shape index (κ1) is 15.7. The van der Waals surface area contributed by atoms with E-state index in [4.69, 9.17) is 0 Å². The number of thiophene rings is 1. The van der Waals surface area contributed by atoms with Crippen LogP contribution in [0.5, 0.6) is 0 Å². The van der Waals surface area contributed by atoms with Crippen molar-refractivity contribution in [2.75, 3.05) is 13.1 Å². The van der Waals surface area contributed by atoms with Crippen LogP contribution in [-0.4, -0.2) is 36.0 Å². The summed E-state index contributed by atoms with van der Waals surface area (Å²) in [5.41, 5.74) is 2.18. The maximum atomic E-state index is 12.5. The van der Waals surface area contributed by atoms with Crippen LogP contribution in [0.3, 0.4) is 0 Å². The first-order chi connectivity index (χ1) is 10.6. The molecule has 0 radical (unpaired) electrons. The Kier molecular flexibility index (Phi) is 4.62. The predicted octanol–water partition coefficient (Wildman–Crippen LogP) is 1.85. The molecule has 0 bridgehead atoms. The smallest absolute Gasteiger partial charge is 0.252 e. The molecule has 1 fully saturated rings. The number of hydrogen-bond donors (Lipinski definition) is 2. The van der Waals surface area contributed by atoms with Crippen molar-refractivity contribution in [1.82, 2.24) is 19.8 Å². The van der Waals surface area contributed by atoms with Crippen LogP contribution in [0.1, 0.15) is 29.0 Å². The molecule has 8 heteroatoms. The van der Waals surface area contributed by atoms with Crippen molar-refractivity contribution in [3.63, 3.8) is 0 Å². The van der Waals surface area contributed by atoms with Gasteiger partial charge in [-0.1, -0.05) is 0 Å². The van der Waals surface area contributed by atoms with Crippen molar-refractivity contribution in [2.24, 2.45) is 0 Å². The second-order valence-corrected chi connectivity index (χ2v) is 8.79. The van der Waals surface area contributed by atoms with Crippen LogP contribution in [0.4, 0.5) is 0 Å². The van der Waals surface area contributed by atoms with Crippen molar-refractivity contribution in [2.45, 2.75) is 37.1 Å². The summed E-state index contributed by atoms with van der Waals surface area (Å²) in [5.74, 6) is 0. The van der Waals surface area contributed by atoms with Gasteiger partial charge < -0.3 is 5.32 Å². The van der Waals surface area contributed by atoms with Crippen molar-refractivity contribution in [3.8, 4) is 0 Å². The SMILES string of the molecule is Cc1[nH]ncc1CNCc1ccc(S(=O)(=O)N2CCCC2)s1. The summed E-state index contributed by atoms with van der Waals surface area (Å²) in [7, 11) is -3.28. The minimum Gasteiger partial charge on any atom is -0.308 e. The standard InChI is InChI=1S/C14H20N4O2S2/c1-11-12(9-16-17-11)8-15-10-13-4-5-14(21-13)22(19,20)18-6-2-3-7-18/h4-5,9,15H,2-3,6-8,10H2,1H3,(H,16,17). The molecule has 0 saturated carbocycles. The highest BCUT2D eigenvalue weighted by Crippen LogP contribution is 2.27. The Morgan fingerprint density at radius 1 is 1.32 bits per heavy atom. The quantitative estimate of drug-likeness (QED) is 0.841. The van der Waals surface area contributed by atoms with Gasteiger partial charge in [0.25, 0.3) is 10.0 Å². The molecule has 1 aliphatic rings. The van der Waals surface area contributed by atoms with Gasteiger partial charge >= 0.3 is 0 Å². The van der Waals surface area contributed by atoms with Crippen LogP contribution in [-0.2, 0) is 23.1 Å². The summed E-state index contributed by atoms with van der Waals surface area (Å²) in [4.78, 5) is 1.03. The average molecular weight is 340 g/mol. The Hall–Kier alpha value is -1.22. The second-order valence-electron chi connectivity index (χ2n) is 5.46. The molecule has 2 aromatic heterocycles. The zero-order valence-corrected chi connectivity index (χ0v) is 14.1. The number of H-pyrrole nitrogens is 1. The molecule has 0 spiro atoms. The van der Waals surface area contributed by atoms with E-state index < -0.39 is 10.0 Å². The number of hydrogen-bond acceptors (Lipinski definition) is 5. The van der Waals surface area contributed by atoms with E-state index in [-0.39, 0.29) is 0 Å². The van der Waals surface area contributed by atoms with Gasteiger partial charge in [0.2, 0.25) is 0 Å². The normalized spacial score (nSPS) is 16.4. The van der Waals surface area contributed by atoms with Crippen LogP contribution in [0, 0.1) is 6.92 Å². The molecule has 0 unspecified atom stereocenters. The number of nitrogens with one attached hydrogen (secondary N) is 2. The van der Waals surface area contributed by atoms with Crippen molar-refractivity contribution in [3.05, 3.63) is 34.5 Å². The van der Waals surface area contributed by atoms with Crippen LogP contribution < -0.4 is 5.32 Å². The molecule has 0 atom stereocenters. The molecule has 3 heterocycles. The van der Waals surface area contributed by atoms with Gasteiger partial charge in [-0.15, -0.1) is 11.3 Å². The van der Waals surface area contributed by atoms with E-state index in [9.17, 15) is 8.42 Å². The van der Waals surface area contributed by atoms with E-state index in [1.807, 2.05) is 13.0 Å². The van der Waals surface area contributed by atoms with E-state index in [1.165, 1.54) is 11.3 Å².